The average Bonchev–Trinajstić information content (AvgIpc) is 3.12. The summed E-state index contributed by atoms with van der Waals surface area (Å²) in [5.41, 5.74) is 1.80. The van der Waals surface area contributed by atoms with Gasteiger partial charge in [-0.05, 0) is 50.2 Å². The summed E-state index contributed by atoms with van der Waals surface area (Å²) in [4.78, 5) is 18.4. The molecule has 0 aliphatic carbocycles. The number of hydrogen-bond donors (Lipinski definition) is 0. The molecule has 0 saturated carbocycles. The molecule has 6 nitrogen and oxygen atoms in total. The quantitative estimate of drug-likeness (QED) is 0.513. The predicted octanol–water partition coefficient (Wildman–Crippen LogP) is 4.05. The molecule has 0 saturated heterocycles. The standard InChI is InChI=1S/C19H20BrN5OS/c1-3-24(4-2)17(26)13-27-19-23-22-18(14-6-5-11-21-12-14)25(19)16-9-7-15(20)8-10-16/h5-12H,3-4,13H2,1-2H3. The monoisotopic (exact) mass is 445 g/mol. The van der Waals surface area contributed by atoms with E-state index >= 15 is 0 Å². The molecule has 0 spiro atoms. The normalized spacial score (nSPS) is 10.8. The highest BCUT2D eigenvalue weighted by molar-refractivity contribution is 9.10. The van der Waals surface area contributed by atoms with Crippen LogP contribution >= 0.6 is 27.7 Å². The maximum atomic E-state index is 12.4. The molecule has 3 aromatic rings. The highest BCUT2D eigenvalue weighted by Crippen LogP contribution is 2.28. The number of hydrogen-bond acceptors (Lipinski definition) is 5. The highest BCUT2D eigenvalue weighted by Gasteiger charge is 2.18. The van der Waals surface area contributed by atoms with Gasteiger partial charge < -0.3 is 4.90 Å². The fraction of sp³-hybridized carbons (Fsp3) is 0.263. The van der Waals surface area contributed by atoms with Gasteiger partial charge in [0.05, 0.1) is 5.75 Å². The van der Waals surface area contributed by atoms with Gasteiger partial charge in [0.25, 0.3) is 0 Å². The van der Waals surface area contributed by atoms with Gasteiger partial charge in [0.1, 0.15) is 0 Å². The number of rotatable bonds is 7. The summed E-state index contributed by atoms with van der Waals surface area (Å²) in [6, 6.07) is 11.7. The molecule has 0 bridgehead atoms. The largest absolute Gasteiger partial charge is 0.343 e. The molecule has 0 aliphatic heterocycles. The van der Waals surface area contributed by atoms with Crippen LogP contribution in [0, 0.1) is 0 Å². The van der Waals surface area contributed by atoms with E-state index in [0.717, 1.165) is 15.7 Å². The molecular weight excluding hydrogens is 426 g/mol. The molecule has 0 fully saturated rings. The van der Waals surface area contributed by atoms with Gasteiger partial charge in [-0.25, -0.2) is 0 Å². The Hall–Kier alpha value is -2.19. The summed E-state index contributed by atoms with van der Waals surface area (Å²) in [5, 5.41) is 9.38. The summed E-state index contributed by atoms with van der Waals surface area (Å²) >= 11 is 4.86. The van der Waals surface area contributed by atoms with E-state index in [-0.39, 0.29) is 5.91 Å². The minimum absolute atomic E-state index is 0.0956. The van der Waals surface area contributed by atoms with Gasteiger partial charge in [0, 0.05) is 41.2 Å². The first-order valence-electron chi connectivity index (χ1n) is 8.66. The molecule has 27 heavy (non-hydrogen) atoms. The molecule has 0 aliphatic rings. The number of carbonyl (C=O) groups excluding carboxylic acids is 1. The van der Waals surface area contributed by atoms with Crippen LogP contribution in [0.4, 0.5) is 0 Å². The van der Waals surface area contributed by atoms with Gasteiger partial charge in [0.15, 0.2) is 11.0 Å². The second-order valence-corrected chi connectivity index (χ2v) is 7.57. The van der Waals surface area contributed by atoms with E-state index in [1.54, 1.807) is 12.4 Å². The van der Waals surface area contributed by atoms with Gasteiger partial charge in [0.2, 0.25) is 5.91 Å². The Morgan fingerprint density at radius 2 is 1.89 bits per heavy atom. The average molecular weight is 446 g/mol. The van der Waals surface area contributed by atoms with E-state index in [0.29, 0.717) is 29.8 Å². The Labute approximate surface area is 171 Å². The molecular formula is C19H20BrN5OS. The van der Waals surface area contributed by atoms with Crippen molar-refractivity contribution in [3.05, 3.63) is 53.3 Å². The van der Waals surface area contributed by atoms with Crippen molar-refractivity contribution in [1.29, 1.82) is 0 Å². The Bertz CT molecular complexity index is 894. The zero-order valence-corrected chi connectivity index (χ0v) is 17.6. The van der Waals surface area contributed by atoms with Gasteiger partial charge in [-0.2, -0.15) is 0 Å². The van der Waals surface area contributed by atoms with Crippen molar-refractivity contribution in [2.24, 2.45) is 0 Å². The van der Waals surface area contributed by atoms with Gasteiger partial charge in [-0.3, -0.25) is 14.3 Å². The molecule has 140 valence electrons. The van der Waals surface area contributed by atoms with E-state index in [4.69, 9.17) is 0 Å². The Kier molecular flexibility index (Phi) is 6.63. The number of thioether (sulfide) groups is 1. The highest BCUT2D eigenvalue weighted by atomic mass is 79.9. The summed E-state index contributed by atoms with van der Waals surface area (Å²) < 4.78 is 2.96. The van der Waals surface area contributed by atoms with Crippen LogP contribution < -0.4 is 0 Å². The second kappa shape index (κ2) is 9.14. The van der Waals surface area contributed by atoms with Crippen molar-refractivity contribution in [1.82, 2.24) is 24.6 Å². The van der Waals surface area contributed by atoms with Crippen LogP contribution in [0.2, 0.25) is 0 Å². The first kappa shape index (κ1) is 19.6. The maximum absolute atomic E-state index is 12.4. The first-order chi connectivity index (χ1) is 13.1. The van der Waals surface area contributed by atoms with Crippen molar-refractivity contribution >= 4 is 33.6 Å². The van der Waals surface area contributed by atoms with Crippen molar-refractivity contribution < 1.29 is 4.79 Å². The zero-order chi connectivity index (χ0) is 19.2. The van der Waals surface area contributed by atoms with E-state index in [2.05, 4.69) is 31.1 Å². The summed E-state index contributed by atoms with van der Waals surface area (Å²) in [6.07, 6.45) is 3.48. The predicted molar refractivity (Wildman–Crippen MR) is 111 cm³/mol. The topological polar surface area (TPSA) is 63.9 Å². The van der Waals surface area contributed by atoms with Crippen molar-refractivity contribution in [3.63, 3.8) is 0 Å². The van der Waals surface area contributed by atoms with Crippen LogP contribution in [0.3, 0.4) is 0 Å². The van der Waals surface area contributed by atoms with Crippen LogP contribution in [0.1, 0.15) is 13.8 Å². The Morgan fingerprint density at radius 1 is 1.15 bits per heavy atom. The lowest BCUT2D eigenvalue weighted by Gasteiger charge is -2.18. The lowest BCUT2D eigenvalue weighted by Crippen LogP contribution is -2.31. The molecule has 1 amide bonds. The first-order valence-corrected chi connectivity index (χ1v) is 10.4. The van der Waals surface area contributed by atoms with Crippen molar-refractivity contribution in [2.45, 2.75) is 19.0 Å². The zero-order valence-electron chi connectivity index (χ0n) is 15.2. The van der Waals surface area contributed by atoms with Crippen molar-refractivity contribution in [3.8, 4) is 17.1 Å². The van der Waals surface area contributed by atoms with Crippen molar-refractivity contribution in [2.75, 3.05) is 18.8 Å². The SMILES string of the molecule is CCN(CC)C(=O)CSc1nnc(-c2cccnc2)n1-c1ccc(Br)cc1. The third-order valence-corrected chi connectivity index (χ3v) is 5.52. The third-order valence-electron chi connectivity index (χ3n) is 4.08. The molecule has 8 heteroatoms. The number of nitrogens with zero attached hydrogens (tertiary/aromatic N) is 5. The second-order valence-electron chi connectivity index (χ2n) is 5.71. The molecule has 2 aromatic heterocycles. The fourth-order valence-corrected chi connectivity index (χ4v) is 3.78. The van der Waals surface area contributed by atoms with Gasteiger partial charge in [-0.15, -0.1) is 10.2 Å². The molecule has 0 atom stereocenters. The molecule has 0 radical (unpaired) electrons. The lowest BCUT2D eigenvalue weighted by molar-refractivity contribution is -0.127. The number of benzene rings is 1. The molecule has 3 rings (SSSR count). The van der Waals surface area contributed by atoms with Crippen LogP contribution in [0.25, 0.3) is 17.1 Å². The van der Waals surface area contributed by atoms with Crippen LogP contribution in [0.15, 0.2) is 58.4 Å². The van der Waals surface area contributed by atoms with Gasteiger partial charge >= 0.3 is 0 Å². The maximum Gasteiger partial charge on any atom is 0.233 e. The van der Waals surface area contributed by atoms with E-state index in [1.807, 2.05) is 59.7 Å². The van der Waals surface area contributed by atoms with Crippen LogP contribution in [-0.2, 0) is 4.79 Å². The van der Waals surface area contributed by atoms with Gasteiger partial charge in [-0.1, -0.05) is 27.7 Å². The number of pyridine rings is 1. The minimum Gasteiger partial charge on any atom is -0.343 e. The van der Waals surface area contributed by atoms with E-state index in [1.165, 1.54) is 11.8 Å². The van der Waals surface area contributed by atoms with Crippen LogP contribution in [-0.4, -0.2) is 49.4 Å². The van der Waals surface area contributed by atoms with Crippen LogP contribution in [0.5, 0.6) is 0 Å². The Balaban J connectivity index is 1.95. The lowest BCUT2D eigenvalue weighted by atomic mass is 10.2. The summed E-state index contributed by atoms with van der Waals surface area (Å²) in [6.45, 7) is 5.38. The van der Waals surface area contributed by atoms with E-state index < -0.39 is 0 Å². The molecule has 0 N–H and O–H groups in total. The third kappa shape index (κ3) is 4.56. The fourth-order valence-electron chi connectivity index (χ4n) is 2.66. The number of amides is 1. The summed E-state index contributed by atoms with van der Waals surface area (Å²) in [7, 11) is 0. The number of halogens is 1. The Morgan fingerprint density at radius 3 is 2.52 bits per heavy atom. The number of aromatic nitrogens is 4. The number of carbonyl (C=O) groups is 1. The minimum atomic E-state index is 0.0956. The molecule has 2 heterocycles. The summed E-state index contributed by atoms with van der Waals surface area (Å²) in [5.74, 6) is 1.12. The molecule has 1 aromatic carbocycles. The molecule has 0 unspecified atom stereocenters. The van der Waals surface area contributed by atoms with E-state index in [9.17, 15) is 4.79 Å². The smallest absolute Gasteiger partial charge is 0.233 e.